The van der Waals surface area contributed by atoms with E-state index >= 15 is 0 Å². The molecule has 2 N–H and O–H groups in total. The van der Waals surface area contributed by atoms with E-state index in [1.165, 1.54) is 30.4 Å². The van der Waals surface area contributed by atoms with Gasteiger partial charge in [0.2, 0.25) is 0 Å². The van der Waals surface area contributed by atoms with Crippen molar-refractivity contribution in [1.82, 2.24) is 5.32 Å². The normalized spacial score (nSPS) is 40.1. The first-order valence-corrected chi connectivity index (χ1v) is 9.20. The van der Waals surface area contributed by atoms with Crippen molar-refractivity contribution in [2.45, 2.75) is 77.4 Å². The van der Waals surface area contributed by atoms with Crippen LogP contribution in [0.1, 0.15) is 65.7 Å². The van der Waals surface area contributed by atoms with Crippen LogP contribution in [0.25, 0.3) is 0 Å². The van der Waals surface area contributed by atoms with Gasteiger partial charge in [-0.15, -0.1) is 0 Å². The lowest BCUT2D eigenvalue weighted by Gasteiger charge is -2.58. The van der Waals surface area contributed by atoms with Gasteiger partial charge in [-0.25, -0.2) is 0 Å². The van der Waals surface area contributed by atoms with Crippen LogP contribution < -0.4 is 5.32 Å². The third kappa shape index (κ3) is 3.65. The molecule has 0 aromatic carbocycles. The molecule has 4 fully saturated rings. The van der Waals surface area contributed by atoms with Crippen molar-refractivity contribution < 1.29 is 5.11 Å². The van der Waals surface area contributed by atoms with Crippen molar-refractivity contribution in [2.75, 3.05) is 6.54 Å². The smallest absolute Gasteiger partial charge is 0.0657 e. The van der Waals surface area contributed by atoms with Crippen molar-refractivity contribution in [3.05, 3.63) is 23.3 Å². The molecule has 0 saturated heterocycles. The highest BCUT2D eigenvalue weighted by atomic mass is 16.3. The lowest BCUT2D eigenvalue weighted by atomic mass is 9.52. The molecule has 4 rings (SSSR count). The van der Waals surface area contributed by atoms with Crippen LogP contribution in [0.4, 0.5) is 0 Å². The molecule has 0 aliphatic heterocycles. The zero-order valence-electron chi connectivity index (χ0n) is 14.6. The maximum atomic E-state index is 10.6. The van der Waals surface area contributed by atoms with E-state index in [1.807, 2.05) is 0 Å². The minimum atomic E-state index is -0.301. The Bertz CT molecular complexity index is 444. The largest absolute Gasteiger partial charge is 0.390 e. The lowest BCUT2D eigenvalue weighted by molar-refractivity contribution is -0.138. The second-order valence-corrected chi connectivity index (χ2v) is 8.50. The zero-order chi connectivity index (χ0) is 15.7. The van der Waals surface area contributed by atoms with Crippen molar-refractivity contribution >= 4 is 0 Å². The molecule has 2 unspecified atom stereocenters. The second-order valence-electron chi connectivity index (χ2n) is 8.50. The number of hydrogen-bond donors (Lipinski definition) is 2. The fraction of sp³-hybridized carbons (Fsp3) is 0.800. The zero-order valence-corrected chi connectivity index (χ0v) is 14.6. The minimum absolute atomic E-state index is 0.301. The summed E-state index contributed by atoms with van der Waals surface area (Å²) in [6, 6.07) is 0.652. The molecule has 0 aromatic rings. The van der Waals surface area contributed by atoms with Gasteiger partial charge in [-0.3, -0.25) is 0 Å². The number of rotatable bonds is 6. The van der Waals surface area contributed by atoms with E-state index < -0.39 is 0 Å². The molecule has 2 atom stereocenters. The van der Waals surface area contributed by atoms with Gasteiger partial charge in [0.15, 0.2) is 0 Å². The molecule has 2 nitrogen and oxygen atoms in total. The number of hydrogen-bond acceptors (Lipinski definition) is 2. The van der Waals surface area contributed by atoms with E-state index in [0.29, 0.717) is 6.04 Å². The van der Waals surface area contributed by atoms with Gasteiger partial charge in [0.05, 0.1) is 5.60 Å². The summed E-state index contributed by atoms with van der Waals surface area (Å²) in [4.78, 5) is 0. The minimum Gasteiger partial charge on any atom is -0.390 e. The molecular formula is C20H33NO. The summed E-state index contributed by atoms with van der Waals surface area (Å²) in [6.45, 7) is 7.59. The fourth-order valence-electron chi connectivity index (χ4n) is 5.37. The van der Waals surface area contributed by atoms with Gasteiger partial charge in [0.1, 0.15) is 0 Å². The molecule has 4 aliphatic rings. The molecule has 0 spiro atoms. The van der Waals surface area contributed by atoms with Gasteiger partial charge in [0, 0.05) is 12.6 Å². The SMILES string of the molecule is CC(C)=CCC/C(C)=C/CNC1C2CC3CC1CC(O)(C3)C2. The summed E-state index contributed by atoms with van der Waals surface area (Å²) >= 11 is 0. The highest BCUT2D eigenvalue weighted by molar-refractivity contribution is 5.09. The summed E-state index contributed by atoms with van der Waals surface area (Å²) in [7, 11) is 0. The molecule has 124 valence electrons. The van der Waals surface area contributed by atoms with Crippen LogP contribution in [0.15, 0.2) is 23.3 Å². The Morgan fingerprint density at radius 2 is 1.77 bits per heavy atom. The van der Waals surface area contributed by atoms with Crippen molar-refractivity contribution in [1.29, 1.82) is 0 Å². The van der Waals surface area contributed by atoms with Crippen LogP contribution in [-0.4, -0.2) is 23.3 Å². The van der Waals surface area contributed by atoms with Crippen molar-refractivity contribution in [3.63, 3.8) is 0 Å². The van der Waals surface area contributed by atoms with Crippen LogP contribution in [0.2, 0.25) is 0 Å². The molecule has 0 heterocycles. The predicted molar refractivity (Wildman–Crippen MR) is 92.7 cm³/mol. The standard InChI is InChI=1S/C20H33NO/c1-14(2)5-4-6-15(3)7-8-21-19-17-9-16-10-18(19)13-20(22,11-16)12-17/h5,7,16-19,21-22H,4,6,8-13H2,1-3H3/b15-7+. The van der Waals surface area contributed by atoms with Gasteiger partial charge in [-0.05, 0) is 83.5 Å². The summed E-state index contributed by atoms with van der Waals surface area (Å²) in [5.74, 6) is 2.24. The molecule has 0 amide bonds. The van der Waals surface area contributed by atoms with E-state index in [4.69, 9.17) is 0 Å². The Hall–Kier alpha value is -0.600. The van der Waals surface area contributed by atoms with Gasteiger partial charge in [0.25, 0.3) is 0 Å². The Morgan fingerprint density at radius 3 is 2.36 bits per heavy atom. The highest BCUT2D eigenvalue weighted by Gasteiger charge is 2.54. The molecule has 4 bridgehead atoms. The topological polar surface area (TPSA) is 32.3 Å². The second kappa shape index (κ2) is 6.49. The summed E-state index contributed by atoms with van der Waals surface area (Å²) in [6.07, 6.45) is 12.9. The van der Waals surface area contributed by atoms with Crippen molar-refractivity contribution in [3.8, 4) is 0 Å². The monoisotopic (exact) mass is 303 g/mol. The van der Waals surface area contributed by atoms with Gasteiger partial charge in [-0.1, -0.05) is 23.3 Å². The van der Waals surface area contributed by atoms with Gasteiger partial charge < -0.3 is 10.4 Å². The third-order valence-corrected chi connectivity index (χ3v) is 6.14. The fourth-order valence-corrected chi connectivity index (χ4v) is 5.37. The predicted octanol–water partition coefficient (Wildman–Crippen LogP) is 4.21. The maximum Gasteiger partial charge on any atom is 0.0657 e. The molecule has 2 heteroatoms. The molecule has 4 saturated carbocycles. The third-order valence-electron chi connectivity index (χ3n) is 6.14. The molecule has 22 heavy (non-hydrogen) atoms. The Kier molecular flexibility index (Phi) is 4.80. The van der Waals surface area contributed by atoms with E-state index in [0.717, 1.165) is 50.0 Å². The molecule has 0 radical (unpaired) electrons. The van der Waals surface area contributed by atoms with E-state index in [9.17, 15) is 5.11 Å². The van der Waals surface area contributed by atoms with E-state index in [-0.39, 0.29) is 5.60 Å². The van der Waals surface area contributed by atoms with Gasteiger partial charge >= 0.3 is 0 Å². The average molecular weight is 303 g/mol. The highest BCUT2D eigenvalue weighted by Crippen LogP contribution is 2.55. The first kappa shape index (κ1) is 16.3. The Labute approximate surface area is 136 Å². The maximum absolute atomic E-state index is 10.6. The first-order chi connectivity index (χ1) is 10.5. The van der Waals surface area contributed by atoms with Crippen LogP contribution in [0, 0.1) is 17.8 Å². The number of aliphatic hydroxyl groups is 1. The molecule has 4 aliphatic carbocycles. The molecule has 0 aromatic heterocycles. The Morgan fingerprint density at radius 1 is 1.09 bits per heavy atom. The van der Waals surface area contributed by atoms with Crippen LogP contribution in [0.3, 0.4) is 0 Å². The van der Waals surface area contributed by atoms with Crippen LogP contribution in [-0.2, 0) is 0 Å². The first-order valence-electron chi connectivity index (χ1n) is 9.20. The molecular weight excluding hydrogens is 270 g/mol. The quantitative estimate of drug-likeness (QED) is 0.721. The van der Waals surface area contributed by atoms with E-state index in [2.05, 4.69) is 38.2 Å². The summed E-state index contributed by atoms with van der Waals surface area (Å²) in [5.41, 5.74) is 2.61. The van der Waals surface area contributed by atoms with Crippen molar-refractivity contribution in [2.24, 2.45) is 17.8 Å². The van der Waals surface area contributed by atoms with Crippen LogP contribution >= 0.6 is 0 Å². The lowest BCUT2D eigenvalue weighted by Crippen LogP contribution is -2.60. The van der Waals surface area contributed by atoms with E-state index in [1.54, 1.807) is 0 Å². The summed E-state index contributed by atoms with van der Waals surface area (Å²) in [5, 5.41) is 14.4. The summed E-state index contributed by atoms with van der Waals surface area (Å²) < 4.78 is 0. The average Bonchev–Trinajstić information content (AvgIpc) is 2.39. The number of nitrogens with one attached hydrogen (secondary N) is 1. The number of allylic oxidation sites excluding steroid dienone is 3. The van der Waals surface area contributed by atoms with Gasteiger partial charge in [-0.2, -0.15) is 0 Å². The Balaban J connectivity index is 1.47. The van der Waals surface area contributed by atoms with Crippen LogP contribution in [0.5, 0.6) is 0 Å².